The summed E-state index contributed by atoms with van der Waals surface area (Å²) in [6.07, 6.45) is 4.86. The number of piperidine rings is 1. The predicted molar refractivity (Wildman–Crippen MR) is 81.9 cm³/mol. The minimum atomic E-state index is 0.00264. The first-order valence-electron chi connectivity index (χ1n) is 8.22. The van der Waals surface area contributed by atoms with E-state index in [-0.39, 0.29) is 23.9 Å². The molecule has 0 spiro atoms. The molecule has 6 nitrogen and oxygen atoms in total. The summed E-state index contributed by atoms with van der Waals surface area (Å²) in [4.78, 5) is 25.9. The molecule has 120 valence electrons. The van der Waals surface area contributed by atoms with Crippen molar-refractivity contribution in [2.75, 3.05) is 32.7 Å². The molecule has 2 fully saturated rings. The molecule has 0 saturated carbocycles. The van der Waals surface area contributed by atoms with E-state index in [2.05, 4.69) is 20.9 Å². The Hall–Kier alpha value is -1.14. The average Bonchev–Trinajstić information content (AvgIpc) is 3.01. The number of carbonyl (C=O) groups excluding carboxylic acids is 2. The molecule has 2 rings (SSSR count). The monoisotopic (exact) mass is 296 g/mol. The van der Waals surface area contributed by atoms with E-state index in [9.17, 15) is 9.59 Å². The van der Waals surface area contributed by atoms with Gasteiger partial charge in [-0.15, -0.1) is 0 Å². The van der Waals surface area contributed by atoms with Crippen molar-refractivity contribution in [3.63, 3.8) is 0 Å². The summed E-state index contributed by atoms with van der Waals surface area (Å²) in [5.74, 6) is 0.251. The Bertz CT molecular complexity index is 348. The molecule has 1 atom stereocenters. The number of hydrogen-bond acceptors (Lipinski definition) is 4. The Morgan fingerprint density at radius 3 is 2.62 bits per heavy atom. The van der Waals surface area contributed by atoms with Gasteiger partial charge in [0.2, 0.25) is 11.8 Å². The van der Waals surface area contributed by atoms with Crippen LogP contribution in [0.2, 0.25) is 0 Å². The maximum atomic E-state index is 12.0. The number of hydrogen-bond donors (Lipinski definition) is 3. The molecule has 0 radical (unpaired) electrons. The molecule has 3 N–H and O–H groups in total. The minimum Gasteiger partial charge on any atom is -0.355 e. The van der Waals surface area contributed by atoms with Crippen LogP contribution in [-0.2, 0) is 9.59 Å². The third-order valence-electron chi connectivity index (χ3n) is 4.25. The van der Waals surface area contributed by atoms with Gasteiger partial charge in [-0.25, -0.2) is 0 Å². The Balaban J connectivity index is 1.63. The van der Waals surface area contributed by atoms with Crippen LogP contribution < -0.4 is 16.0 Å². The van der Waals surface area contributed by atoms with Gasteiger partial charge in [-0.3, -0.25) is 14.5 Å². The number of nitrogens with zero attached hydrogens (tertiary/aromatic N) is 1. The molecule has 0 aromatic carbocycles. The van der Waals surface area contributed by atoms with Crippen molar-refractivity contribution in [2.45, 2.75) is 51.1 Å². The van der Waals surface area contributed by atoms with E-state index >= 15 is 0 Å². The SMILES string of the molecule is CCCNC(=O)CN1CCC(NC(=O)C2CCCN2)CC1. The van der Waals surface area contributed by atoms with Crippen molar-refractivity contribution in [1.82, 2.24) is 20.9 Å². The van der Waals surface area contributed by atoms with Crippen molar-refractivity contribution in [3.8, 4) is 0 Å². The number of nitrogens with one attached hydrogen (secondary N) is 3. The zero-order valence-corrected chi connectivity index (χ0v) is 13.0. The van der Waals surface area contributed by atoms with E-state index in [0.29, 0.717) is 6.54 Å². The molecule has 21 heavy (non-hydrogen) atoms. The van der Waals surface area contributed by atoms with E-state index in [4.69, 9.17) is 0 Å². The Morgan fingerprint density at radius 2 is 2.00 bits per heavy atom. The number of amides is 2. The van der Waals surface area contributed by atoms with Crippen LogP contribution in [0.1, 0.15) is 39.0 Å². The highest BCUT2D eigenvalue weighted by atomic mass is 16.2. The topological polar surface area (TPSA) is 73.5 Å². The number of likely N-dealkylation sites (tertiary alicyclic amines) is 1. The molecular weight excluding hydrogens is 268 g/mol. The highest BCUT2D eigenvalue weighted by molar-refractivity contribution is 5.82. The van der Waals surface area contributed by atoms with Gasteiger partial charge in [0.1, 0.15) is 0 Å². The minimum absolute atomic E-state index is 0.00264. The van der Waals surface area contributed by atoms with Crippen LogP contribution in [0, 0.1) is 0 Å². The molecular formula is C15H28N4O2. The smallest absolute Gasteiger partial charge is 0.237 e. The summed E-state index contributed by atoms with van der Waals surface area (Å²) < 4.78 is 0. The van der Waals surface area contributed by atoms with Crippen LogP contribution in [0.3, 0.4) is 0 Å². The summed E-state index contributed by atoms with van der Waals surface area (Å²) in [7, 11) is 0. The molecule has 0 aliphatic carbocycles. The van der Waals surface area contributed by atoms with E-state index in [1.54, 1.807) is 0 Å². The lowest BCUT2D eigenvalue weighted by Gasteiger charge is -2.32. The second kappa shape index (κ2) is 8.34. The summed E-state index contributed by atoms with van der Waals surface area (Å²) in [5.41, 5.74) is 0. The second-order valence-corrected chi connectivity index (χ2v) is 6.06. The third-order valence-corrected chi connectivity index (χ3v) is 4.25. The van der Waals surface area contributed by atoms with Crippen molar-refractivity contribution < 1.29 is 9.59 Å². The summed E-state index contributed by atoms with van der Waals surface area (Å²) in [6, 6.07) is 0.262. The summed E-state index contributed by atoms with van der Waals surface area (Å²) in [5, 5.41) is 9.27. The standard InChI is InChI=1S/C15H28N4O2/c1-2-7-17-14(20)11-19-9-5-12(6-10-19)18-15(21)13-4-3-8-16-13/h12-13,16H,2-11H2,1H3,(H,17,20)(H,18,21). The highest BCUT2D eigenvalue weighted by Gasteiger charge is 2.26. The zero-order valence-electron chi connectivity index (χ0n) is 13.0. The second-order valence-electron chi connectivity index (χ2n) is 6.06. The van der Waals surface area contributed by atoms with Crippen LogP contribution in [0.15, 0.2) is 0 Å². The molecule has 2 saturated heterocycles. The fraction of sp³-hybridized carbons (Fsp3) is 0.867. The van der Waals surface area contributed by atoms with Crippen LogP contribution in [-0.4, -0.2) is 61.5 Å². The van der Waals surface area contributed by atoms with E-state index in [1.165, 1.54) is 0 Å². The van der Waals surface area contributed by atoms with Gasteiger partial charge in [-0.05, 0) is 38.6 Å². The maximum absolute atomic E-state index is 12.0. The first kappa shape index (κ1) is 16.2. The zero-order chi connectivity index (χ0) is 15.1. The first-order chi connectivity index (χ1) is 10.2. The van der Waals surface area contributed by atoms with Gasteiger partial charge in [0.25, 0.3) is 0 Å². The molecule has 1 unspecified atom stereocenters. The fourth-order valence-corrected chi connectivity index (χ4v) is 2.97. The predicted octanol–water partition coefficient (Wildman–Crippen LogP) is -0.155. The Labute approximate surface area is 127 Å². The molecule has 6 heteroatoms. The molecule has 0 aromatic rings. The van der Waals surface area contributed by atoms with Gasteiger partial charge in [0.05, 0.1) is 12.6 Å². The van der Waals surface area contributed by atoms with E-state index < -0.39 is 0 Å². The third kappa shape index (κ3) is 5.28. The number of carbonyl (C=O) groups is 2. The van der Waals surface area contributed by atoms with Crippen LogP contribution in [0.4, 0.5) is 0 Å². The largest absolute Gasteiger partial charge is 0.355 e. The van der Waals surface area contributed by atoms with Gasteiger partial charge in [-0.2, -0.15) is 0 Å². The Kier molecular flexibility index (Phi) is 6.45. The van der Waals surface area contributed by atoms with E-state index in [0.717, 1.165) is 58.3 Å². The fourth-order valence-electron chi connectivity index (χ4n) is 2.97. The summed E-state index contributed by atoms with van der Waals surface area (Å²) in [6.45, 7) is 5.98. The number of rotatable bonds is 6. The normalized spacial score (nSPS) is 24.0. The quantitative estimate of drug-likeness (QED) is 0.637. The van der Waals surface area contributed by atoms with Gasteiger partial charge in [-0.1, -0.05) is 6.92 Å². The van der Waals surface area contributed by atoms with Crippen molar-refractivity contribution in [1.29, 1.82) is 0 Å². The Morgan fingerprint density at radius 1 is 1.24 bits per heavy atom. The van der Waals surface area contributed by atoms with Crippen molar-refractivity contribution in [3.05, 3.63) is 0 Å². The lowest BCUT2D eigenvalue weighted by molar-refractivity contribution is -0.125. The molecule has 0 aromatic heterocycles. The van der Waals surface area contributed by atoms with Crippen LogP contribution in [0.25, 0.3) is 0 Å². The average molecular weight is 296 g/mol. The van der Waals surface area contributed by atoms with Gasteiger partial charge >= 0.3 is 0 Å². The van der Waals surface area contributed by atoms with Gasteiger partial charge in [0, 0.05) is 25.7 Å². The lowest BCUT2D eigenvalue weighted by Crippen LogP contribution is -2.50. The molecule has 2 aliphatic rings. The first-order valence-corrected chi connectivity index (χ1v) is 8.22. The molecule has 2 amide bonds. The van der Waals surface area contributed by atoms with Crippen LogP contribution in [0.5, 0.6) is 0 Å². The molecule has 2 heterocycles. The summed E-state index contributed by atoms with van der Waals surface area (Å²) >= 11 is 0. The maximum Gasteiger partial charge on any atom is 0.237 e. The lowest BCUT2D eigenvalue weighted by atomic mass is 10.0. The van der Waals surface area contributed by atoms with Gasteiger partial charge in [0.15, 0.2) is 0 Å². The van der Waals surface area contributed by atoms with Crippen molar-refractivity contribution >= 4 is 11.8 Å². The molecule has 0 bridgehead atoms. The van der Waals surface area contributed by atoms with Gasteiger partial charge < -0.3 is 16.0 Å². The molecule has 2 aliphatic heterocycles. The van der Waals surface area contributed by atoms with Crippen molar-refractivity contribution in [2.24, 2.45) is 0 Å². The highest BCUT2D eigenvalue weighted by Crippen LogP contribution is 2.11. The van der Waals surface area contributed by atoms with Crippen LogP contribution >= 0.6 is 0 Å². The van der Waals surface area contributed by atoms with E-state index in [1.807, 2.05) is 6.92 Å².